The number of ketones is 1. The van der Waals surface area contributed by atoms with E-state index < -0.39 is 0 Å². The Hall–Kier alpha value is -3.27. The molecule has 122 valence electrons. The summed E-state index contributed by atoms with van der Waals surface area (Å²) in [7, 11) is 0. The van der Waals surface area contributed by atoms with Gasteiger partial charge in [0.2, 0.25) is 0 Å². The zero-order valence-corrected chi connectivity index (χ0v) is 13.4. The summed E-state index contributed by atoms with van der Waals surface area (Å²) >= 11 is 0. The average molecular weight is 330 g/mol. The lowest BCUT2D eigenvalue weighted by Crippen LogP contribution is -2.09. The summed E-state index contributed by atoms with van der Waals surface area (Å²) in [5, 5.41) is 0. The molecule has 4 heteroatoms. The fourth-order valence-corrected chi connectivity index (χ4v) is 2.87. The maximum atomic E-state index is 13.1. The molecule has 0 radical (unpaired) electrons. The van der Waals surface area contributed by atoms with E-state index in [0.717, 1.165) is 22.2 Å². The maximum absolute atomic E-state index is 13.1. The van der Waals surface area contributed by atoms with Crippen molar-refractivity contribution >= 4 is 16.8 Å². The molecule has 3 nitrogen and oxygen atoms in total. The summed E-state index contributed by atoms with van der Waals surface area (Å²) in [4.78, 5) is 16.9. The van der Waals surface area contributed by atoms with E-state index in [1.54, 1.807) is 18.3 Å². The van der Waals surface area contributed by atoms with Crippen molar-refractivity contribution in [3.8, 4) is 11.1 Å². The number of aromatic nitrogens is 2. The van der Waals surface area contributed by atoms with Gasteiger partial charge in [-0.2, -0.15) is 0 Å². The Kier molecular flexibility index (Phi) is 3.86. The summed E-state index contributed by atoms with van der Waals surface area (Å²) in [6, 6.07) is 19.4. The number of benzene rings is 2. The number of Topliss-reactive ketones (excluding diaryl/α,β-unsaturated/α-hetero) is 1. The molecule has 0 saturated carbocycles. The molecule has 0 aliphatic rings. The maximum Gasteiger partial charge on any atom is 0.182 e. The lowest BCUT2D eigenvalue weighted by Gasteiger charge is -2.07. The van der Waals surface area contributed by atoms with E-state index in [1.807, 2.05) is 53.2 Å². The molecule has 0 bridgehead atoms. The predicted octanol–water partition coefficient (Wildman–Crippen LogP) is 4.73. The summed E-state index contributed by atoms with van der Waals surface area (Å²) in [6.07, 6.45) is 3.63. The van der Waals surface area contributed by atoms with Crippen molar-refractivity contribution in [2.24, 2.45) is 0 Å². The zero-order chi connectivity index (χ0) is 17.2. The van der Waals surface area contributed by atoms with Gasteiger partial charge in [-0.15, -0.1) is 0 Å². The van der Waals surface area contributed by atoms with Gasteiger partial charge in [0.25, 0.3) is 0 Å². The minimum Gasteiger partial charge on any atom is -0.338 e. The Bertz CT molecular complexity index is 1040. The molecule has 4 rings (SSSR count). The van der Waals surface area contributed by atoms with Crippen LogP contribution in [0.3, 0.4) is 0 Å². The normalized spacial score (nSPS) is 10.9. The van der Waals surface area contributed by atoms with Gasteiger partial charge in [0, 0.05) is 23.5 Å². The lowest BCUT2D eigenvalue weighted by molar-refractivity contribution is 0.0973. The molecular weight excluding hydrogens is 315 g/mol. The molecule has 0 spiro atoms. The number of halogens is 1. The second-order valence-electron chi connectivity index (χ2n) is 5.87. The highest BCUT2D eigenvalue weighted by Crippen LogP contribution is 2.24. The summed E-state index contributed by atoms with van der Waals surface area (Å²) in [6.45, 7) is 0.252. The highest BCUT2D eigenvalue weighted by Gasteiger charge is 2.10. The molecule has 0 amide bonds. The van der Waals surface area contributed by atoms with Crippen LogP contribution in [0, 0.1) is 5.82 Å². The minimum absolute atomic E-state index is 0.0466. The molecule has 0 atom stereocenters. The van der Waals surface area contributed by atoms with Crippen molar-refractivity contribution in [2.75, 3.05) is 0 Å². The SMILES string of the molecule is O=C(Cn1ccc2ncc(-c3ccc(F)cc3)cc21)c1ccccc1. The van der Waals surface area contributed by atoms with Crippen LogP contribution in [0.5, 0.6) is 0 Å². The topological polar surface area (TPSA) is 34.9 Å². The molecule has 0 fully saturated rings. The smallest absolute Gasteiger partial charge is 0.182 e. The quantitative estimate of drug-likeness (QED) is 0.507. The number of hydrogen-bond acceptors (Lipinski definition) is 2. The van der Waals surface area contributed by atoms with Gasteiger partial charge >= 0.3 is 0 Å². The Labute approximate surface area is 144 Å². The Morgan fingerprint density at radius 1 is 0.960 bits per heavy atom. The van der Waals surface area contributed by atoms with Crippen LogP contribution in [-0.2, 0) is 6.54 Å². The summed E-state index contributed by atoms with van der Waals surface area (Å²) in [5.74, 6) is -0.222. The van der Waals surface area contributed by atoms with Crippen LogP contribution < -0.4 is 0 Å². The molecule has 2 heterocycles. The number of carbonyl (C=O) groups excluding carboxylic acids is 1. The standard InChI is InChI=1S/C21H15FN2O/c22-18-8-6-15(7-9-18)17-12-20-19(23-13-17)10-11-24(20)14-21(25)16-4-2-1-3-5-16/h1-13H,14H2. The van der Waals surface area contributed by atoms with E-state index in [-0.39, 0.29) is 18.1 Å². The fraction of sp³-hybridized carbons (Fsp3) is 0.0476. The molecule has 0 aliphatic carbocycles. The first-order valence-corrected chi connectivity index (χ1v) is 8.00. The number of carbonyl (C=O) groups is 1. The van der Waals surface area contributed by atoms with E-state index in [9.17, 15) is 9.18 Å². The van der Waals surface area contributed by atoms with Gasteiger partial charge in [-0.25, -0.2) is 4.39 Å². The fourth-order valence-electron chi connectivity index (χ4n) is 2.87. The highest BCUT2D eigenvalue weighted by molar-refractivity contribution is 5.96. The predicted molar refractivity (Wildman–Crippen MR) is 95.9 cm³/mol. The van der Waals surface area contributed by atoms with Crippen LogP contribution in [0.1, 0.15) is 10.4 Å². The molecule has 4 aromatic rings. The number of hydrogen-bond donors (Lipinski definition) is 0. The van der Waals surface area contributed by atoms with Crippen LogP contribution in [0.4, 0.5) is 4.39 Å². The first-order valence-electron chi connectivity index (χ1n) is 8.00. The van der Waals surface area contributed by atoms with E-state index >= 15 is 0 Å². The number of nitrogens with zero attached hydrogens (tertiary/aromatic N) is 2. The Balaban J connectivity index is 1.69. The van der Waals surface area contributed by atoms with Crippen LogP contribution in [-0.4, -0.2) is 15.3 Å². The van der Waals surface area contributed by atoms with E-state index in [1.165, 1.54) is 12.1 Å². The molecule has 0 unspecified atom stereocenters. The molecule has 0 saturated heterocycles. The third kappa shape index (κ3) is 3.06. The lowest BCUT2D eigenvalue weighted by atomic mass is 10.1. The Morgan fingerprint density at radius 2 is 1.72 bits per heavy atom. The molecule has 25 heavy (non-hydrogen) atoms. The van der Waals surface area contributed by atoms with Crippen molar-refractivity contribution in [1.29, 1.82) is 0 Å². The second-order valence-corrected chi connectivity index (χ2v) is 5.87. The van der Waals surface area contributed by atoms with Crippen LogP contribution >= 0.6 is 0 Å². The van der Waals surface area contributed by atoms with Gasteiger partial charge in [-0.1, -0.05) is 42.5 Å². The largest absolute Gasteiger partial charge is 0.338 e. The van der Waals surface area contributed by atoms with Gasteiger partial charge in [-0.3, -0.25) is 9.78 Å². The van der Waals surface area contributed by atoms with Crippen molar-refractivity contribution in [2.45, 2.75) is 6.54 Å². The first kappa shape index (κ1) is 15.3. The monoisotopic (exact) mass is 330 g/mol. The molecule has 2 aromatic heterocycles. The van der Waals surface area contributed by atoms with Gasteiger partial charge in [-0.05, 0) is 29.8 Å². The van der Waals surface area contributed by atoms with Gasteiger partial charge in [0.1, 0.15) is 5.82 Å². The minimum atomic E-state index is -0.269. The average Bonchev–Trinajstić information content (AvgIpc) is 3.05. The van der Waals surface area contributed by atoms with E-state index in [4.69, 9.17) is 0 Å². The summed E-state index contributed by atoms with van der Waals surface area (Å²) in [5.41, 5.74) is 4.17. The van der Waals surface area contributed by atoms with Crippen LogP contribution in [0.15, 0.2) is 79.1 Å². The second kappa shape index (κ2) is 6.32. The van der Waals surface area contributed by atoms with Crippen LogP contribution in [0.2, 0.25) is 0 Å². The van der Waals surface area contributed by atoms with Gasteiger partial charge in [0.05, 0.1) is 17.6 Å². The van der Waals surface area contributed by atoms with Gasteiger partial charge < -0.3 is 4.57 Å². The number of rotatable bonds is 4. The van der Waals surface area contributed by atoms with E-state index in [0.29, 0.717) is 5.56 Å². The highest BCUT2D eigenvalue weighted by atomic mass is 19.1. The molecular formula is C21H15FN2O. The number of fused-ring (bicyclic) bond motifs is 1. The summed E-state index contributed by atoms with van der Waals surface area (Å²) < 4.78 is 15.0. The van der Waals surface area contributed by atoms with Crippen molar-refractivity contribution in [3.05, 3.63) is 90.5 Å². The zero-order valence-electron chi connectivity index (χ0n) is 13.4. The Morgan fingerprint density at radius 3 is 2.48 bits per heavy atom. The third-order valence-electron chi connectivity index (χ3n) is 4.21. The van der Waals surface area contributed by atoms with Crippen molar-refractivity contribution < 1.29 is 9.18 Å². The van der Waals surface area contributed by atoms with Crippen molar-refractivity contribution in [1.82, 2.24) is 9.55 Å². The molecule has 0 aliphatic heterocycles. The third-order valence-corrected chi connectivity index (χ3v) is 4.21. The first-order chi connectivity index (χ1) is 12.2. The van der Waals surface area contributed by atoms with Gasteiger partial charge in [0.15, 0.2) is 5.78 Å². The van der Waals surface area contributed by atoms with E-state index in [2.05, 4.69) is 4.98 Å². The van der Waals surface area contributed by atoms with Crippen LogP contribution in [0.25, 0.3) is 22.2 Å². The number of pyridine rings is 1. The van der Waals surface area contributed by atoms with Crippen molar-refractivity contribution in [3.63, 3.8) is 0 Å². The molecule has 2 aromatic carbocycles. The molecule has 0 N–H and O–H groups in total.